The van der Waals surface area contributed by atoms with Gasteiger partial charge < -0.3 is 5.11 Å². The van der Waals surface area contributed by atoms with Crippen LogP contribution in [-0.4, -0.2) is 16.7 Å². The Morgan fingerprint density at radius 3 is 2.92 bits per heavy atom. The molecule has 0 radical (unpaired) electrons. The van der Waals surface area contributed by atoms with Crippen LogP contribution in [0, 0.1) is 0 Å². The van der Waals surface area contributed by atoms with Gasteiger partial charge in [-0.2, -0.15) is 11.8 Å². The summed E-state index contributed by atoms with van der Waals surface area (Å²) >= 11 is 7.40. The molecule has 0 aliphatic rings. The Balaban J connectivity index is 2.28. The van der Waals surface area contributed by atoms with Gasteiger partial charge in [0, 0.05) is 11.6 Å². The predicted octanol–water partition coefficient (Wildman–Crippen LogP) is 3.25. The van der Waals surface area contributed by atoms with E-state index in [0.717, 1.165) is 23.8 Å². The summed E-state index contributed by atoms with van der Waals surface area (Å²) in [7, 11) is 0. The summed E-state index contributed by atoms with van der Waals surface area (Å²) in [6.45, 7) is 0. The van der Waals surface area contributed by atoms with E-state index < -0.39 is 0 Å². The highest BCUT2D eigenvalue weighted by atomic mass is 35.5. The molecule has 0 amide bonds. The molecule has 0 aromatic heterocycles. The van der Waals surface area contributed by atoms with Gasteiger partial charge in [0.25, 0.3) is 0 Å². The van der Waals surface area contributed by atoms with Crippen LogP contribution in [0.1, 0.15) is 12.0 Å². The number of halogens is 1. The van der Waals surface area contributed by atoms with E-state index in [0.29, 0.717) is 5.75 Å². The molecule has 1 aromatic carbocycles. The van der Waals surface area contributed by atoms with E-state index in [9.17, 15) is 5.11 Å². The van der Waals surface area contributed by atoms with E-state index in [1.165, 1.54) is 5.56 Å². The Hall–Kier alpha value is -0.340. The van der Waals surface area contributed by atoms with Crippen LogP contribution in [0.15, 0.2) is 24.3 Å². The predicted molar refractivity (Wildman–Crippen MR) is 59.6 cm³/mol. The summed E-state index contributed by atoms with van der Waals surface area (Å²) in [5.41, 5.74) is 1.17. The maximum atomic E-state index is 9.19. The third kappa shape index (κ3) is 4.44. The maximum absolute atomic E-state index is 9.19. The minimum absolute atomic E-state index is 0.343. The Morgan fingerprint density at radius 1 is 1.38 bits per heavy atom. The first kappa shape index (κ1) is 10.7. The number of aromatic hydroxyl groups is 1. The van der Waals surface area contributed by atoms with Crippen molar-refractivity contribution in [2.45, 2.75) is 12.2 Å². The highest BCUT2D eigenvalue weighted by Gasteiger charge is 1.94. The second-order valence-electron chi connectivity index (χ2n) is 2.77. The Kier molecular flexibility index (Phi) is 5.09. The molecule has 0 heterocycles. The minimum Gasteiger partial charge on any atom is -0.508 e. The van der Waals surface area contributed by atoms with Gasteiger partial charge in [0.2, 0.25) is 0 Å². The molecule has 0 aliphatic heterocycles. The van der Waals surface area contributed by atoms with Gasteiger partial charge in [0.05, 0.1) is 0 Å². The normalized spacial score (nSPS) is 10.2. The highest BCUT2D eigenvalue weighted by molar-refractivity contribution is 7.98. The van der Waals surface area contributed by atoms with Crippen LogP contribution in [0.4, 0.5) is 0 Å². The van der Waals surface area contributed by atoms with Crippen molar-refractivity contribution in [3.05, 3.63) is 29.8 Å². The van der Waals surface area contributed by atoms with Crippen LogP contribution in [0.5, 0.6) is 5.75 Å². The van der Waals surface area contributed by atoms with E-state index in [2.05, 4.69) is 0 Å². The molecule has 1 nitrogen and oxygen atoms in total. The van der Waals surface area contributed by atoms with Crippen molar-refractivity contribution in [2.24, 2.45) is 0 Å². The topological polar surface area (TPSA) is 20.2 Å². The van der Waals surface area contributed by atoms with Crippen LogP contribution in [0.25, 0.3) is 0 Å². The Bertz CT molecular complexity index is 252. The number of phenols is 1. The molecule has 13 heavy (non-hydrogen) atoms. The van der Waals surface area contributed by atoms with Crippen LogP contribution in [0.2, 0.25) is 0 Å². The van der Waals surface area contributed by atoms with Crippen molar-refractivity contribution in [3.8, 4) is 5.75 Å². The van der Waals surface area contributed by atoms with Crippen LogP contribution >= 0.6 is 23.4 Å². The molecule has 0 bridgehead atoms. The van der Waals surface area contributed by atoms with Crippen molar-refractivity contribution < 1.29 is 5.11 Å². The third-order valence-corrected chi connectivity index (χ3v) is 2.98. The van der Waals surface area contributed by atoms with E-state index in [1.54, 1.807) is 12.1 Å². The zero-order valence-electron chi connectivity index (χ0n) is 7.37. The molecule has 1 N–H and O–H groups in total. The SMILES string of the molecule is Oc1cccc(CSCCCCl)c1. The van der Waals surface area contributed by atoms with Crippen molar-refractivity contribution in [1.82, 2.24) is 0 Å². The molecule has 72 valence electrons. The molecule has 3 heteroatoms. The van der Waals surface area contributed by atoms with Gasteiger partial charge in [-0.1, -0.05) is 12.1 Å². The van der Waals surface area contributed by atoms with Crippen molar-refractivity contribution in [3.63, 3.8) is 0 Å². The number of thioether (sulfide) groups is 1. The highest BCUT2D eigenvalue weighted by Crippen LogP contribution is 2.17. The summed E-state index contributed by atoms with van der Waals surface area (Å²) in [4.78, 5) is 0. The molecule has 1 aromatic rings. The van der Waals surface area contributed by atoms with E-state index in [-0.39, 0.29) is 0 Å². The third-order valence-electron chi connectivity index (χ3n) is 1.60. The molecule has 0 atom stereocenters. The lowest BCUT2D eigenvalue weighted by molar-refractivity contribution is 0.475. The maximum Gasteiger partial charge on any atom is 0.115 e. The quantitative estimate of drug-likeness (QED) is 0.602. The lowest BCUT2D eigenvalue weighted by Gasteiger charge is -2.00. The molecule has 0 saturated heterocycles. The van der Waals surface area contributed by atoms with Gasteiger partial charge in [0.15, 0.2) is 0 Å². The second kappa shape index (κ2) is 6.17. The smallest absolute Gasteiger partial charge is 0.115 e. The van der Waals surface area contributed by atoms with Crippen LogP contribution < -0.4 is 0 Å². The number of hydrogen-bond acceptors (Lipinski definition) is 2. The average molecular weight is 217 g/mol. The first-order valence-corrected chi connectivity index (χ1v) is 5.93. The number of hydrogen-bond donors (Lipinski definition) is 1. The van der Waals surface area contributed by atoms with E-state index in [4.69, 9.17) is 11.6 Å². The first-order chi connectivity index (χ1) is 6.33. The summed E-state index contributed by atoms with van der Waals surface area (Å²) in [6.07, 6.45) is 1.05. The molecular formula is C10H13ClOS. The lowest BCUT2D eigenvalue weighted by atomic mass is 10.2. The molecule has 0 aliphatic carbocycles. The molecular weight excluding hydrogens is 204 g/mol. The first-order valence-electron chi connectivity index (χ1n) is 4.24. The molecule has 0 spiro atoms. The Labute approximate surface area is 88.1 Å². The van der Waals surface area contributed by atoms with E-state index in [1.807, 2.05) is 23.9 Å². The van der Waals surface area contributed by atoms with Gasteiger partial charge in [0.1, 0.15) is 5.75 Å². The van der Waals surface area contributed by atoms with Gasteiger partial charge >= 0.3 is 0 Å². The monoisotopic (exact) mass is 216 g/mol. The van der Waals surface area contributed by atoms with Crippen LogP contribution in [-0.2, 0) is 5.75 Å². The van der Waals surface area contributed by atoms with Crippen molar-refractivity contribution in [2.75, 3.05) is 11.6 Å². The average Bonchev–Trinajstić information content (AvgIpc) is 2.13. The summed E-state index contributed by atoms with van der Waals surface area (Å²) in [5, 5.41) is 9.19. The summed E-state index contributed by atoms with van der Waals surface area (Å²) < 4.78 is 0. The lowest BCUT2D eigenvalue weighted by Crippen LogP contribution is -1.84. The zero-order chi connectivity index (χ0) is 9.52. The zero-order valence-corrected chi connectivity index (χ0v) is 8.94. The van der Waals surface area contributed by atoms with Gasteiger partial charge in [-0.3, -0.25) is 0 Å². The van der Waals surface area contributed by atoms with Gasteiger partial charge in [-0.15, -0.1) is 11.6 Å². The van der Waals surface area contributed by atoms with Crippen LogP contribution in [0.3, 0.4) is 0 Å². The number of alkyl halides is 1. The van der Waals surface area contributed by atoms with Crippen molar-refractivity contribution >= 4 is 23.4 Å². The number of phenolic OH excluding ortho intramolecular Hbond substituents is 1. The fourth-order valence-electron chi connectivity index (χ4n) is 0.993. The number of rotatable bonds is 5. The fraction of sp³-hybridized carbons (Fsp3) is 0.400. The fourth-order valence-corrected chi connectivity index (χ4v) is 2.19. The standard InChI is InChI=1S/C10H13ClOS/c11-5-2-6-13-8-9-3-1-4-10(12)7-9/h1,3-4,7,12H,2,5-6,8H2. The van der Waals surface area contributed by atoms with Gasteiger partial charge in [-0.05, 0) is 29.9 Å². The molecule has 0 fully saturated rings. The molecule has 0 saturated carbocycles. The largest absolute Gasteiger partial charge is 0.508 e. The van der Waals surface area contributed by atoms with Gasteiger partial charge in [-0.25, -0.2) is 0 Å². The van der Waals surface area contributed by atoms with E-state index >= 15 is 0 Å². The summed E-state index contributed by atoms with van der Waals surface area (Å²) in [5.74, 6) is 3.10. The number of benzene rings is 1. The molecule has 0 unspecified atom stereocenters. The Morgan fingerprint density at radius 2 is 2.23 bits per heavy atom. The minimum atomic E-state index is 0.343. The second-order valence-corrected chi connectivity index (χ2v) is 4.25. The summed E-state index contributed by atoms with van der Waals surface area (Å²) in [6, 6.07) is 7.38. The molecule has 1 rings (SSSR count). The van der Waals surface area contributed by atoms with Crippen molar-refractivity contribution in [1.29, 1.82) is 0 Å².